The predicted molar refractivity (Wildman–Crippen MR) is 100 cm³/mol. The van der Waals surface area contributed by atoms with Gasteiger partial charge in [0.1, 0.15) is 16.9 Å². The van der Waals surface area contributed by atoms with E-state index in [0.29, 0.717) is 19.6 Å². The highest BCUT2D eigenvalue weighted by Crippen LogP contribution is 2.41. The molecule has 6 heteroatoms. The van der Waals surface area contributed by atoms with Gasteiger partial charge in [-0.1, -0.05) is 5.57 Å². The molecule has 2 N–H and O–H groups in total. The SMILES string of the molecule is CCOC1C=C(CCCOc2ccc(OC)cc2)CC(CO)(CO)S1. The van der Waals surface area contributed by atoms with Crippen molar-refractivity contribution in [1.82, 2.24) is 0 Å². The molecule has 0 saturated heterocycles. The summed E-state index contributed by atoms with van der Waals surface area (Å²) in [6, 6.07) is 7.53. The van der Waals surface area contributed by atoms with E-state index in [0.717, 1.165) is 24.3 Å². The van der Waals surface area contributed by atoms with Crippen molar-refractivity contribution in [1.29, 1.82) is 0 Å². The number of ether oxygens (including phenoxy) is 3. The van der Waals surface area contributed by atoms with Crippen LogP contribution in [0.5, 0.6) is 11.5 Å². The van der Waals surface area contributed by atoms with E-state index in [1.807, 2.05) is 31.2 Å². The van der Waals surface area contributed by atoms with Gasteiger partial charge in [0.2, 0.25) is 0 Å². The molecule has 0 amide bonds. The molecule has 1 aromatic rings. The summed E-state index contributed by atoms with van der Waals surface area (Å²) in [4.78, 5) is 0. The van der Waals surface area contributed by atoms with Crippen molar-refractivity contribution in [2.24, 2.45) is 0 Å². The first-order valence-corrected chi connectivity index (χ1v) is 9.50. The quantitative estimate of drug-likeness (QED) is 0.489. The molecule has 0 bridgehead atoms. The number of aliphatic hydroxyl groups is 2. The van der Waals surface area contributed by atoms with E-state index in [9.17, 15) is 10.2 Å². The molecule has 0 aliphatic carbocycles. The van der Waals surface area contributed by atoms with Crippen LogP contribution >= 0.6 is 11.8 Å². The zero-order chi connectivity index (χ0) is 18.1. The van der Waals surface area contributed by atoms with Gasteiger partial charge in [-0.15, -0.1) is 11.8 Å². The summed E-state index contributed by atoms with van der Waals surface area (Å²) in [5, 5.41) is 19.4. The van der Waals surface area contributed by atoms with Crippen LogP contribution < -0.4 is 9.47 Å². The monoisotopic (exact) mass is 368 g/mol. The summed E-state index contributed by atoms with van der Waals surface area (Å²) >= 11 is 1.51. The van der Waals surface area contributed by atoms with E-state index in [-0.39, 0.29) is 18.6 Å². The van der Waals surface area contributed by atoms with Crippen LogP contribution in [-0.2, 0) is 4.74 Å². The molecule has 1 aliphatic rings. The zero-order valence-corrected chi connectivity index (χ0v) is 15.8. The average Bonchev–Trinajstić information content (AvgIpc) is 2.65. The fraction of sp³-hybridized carbons (Fsp3) is 0.579. The predicted octanol–water partition coefficient (Wildman–Crippen LogP) is 3.00. The van der Waals surface area contributed by atoms with Crippen molar-refractivity contribution >= 4 is 11.8 Å². The standard InChI is InChI=1S/C19H28O5S/c1-3-23-18-11-15(12-19(13-20,14-21)25-18)5-4-10-24-17-8-6-16(22-2)7-9-17/h6-9,11,18,20-21H,3-5,10,12-14H2,1-2H3. The number of benzene rings is 1. The van der Waals surface area contributed by atoms with Gasteiger partial charge in [-0.05, 0) is 56.5 Å². The summed E-state index contributed by atoms with van der Waals surface area (Å²) in [5.41, 5.74) is 1.09. The number of hydrogen-bond acceptors (Lipinski definition) is 6. The molecule has 0 fully saturated rings. The van der Waals surface area contributed by atoms with E-state index in [4.69, 9.17) is 14.2 Å². The molecule has 0 spiro atoms. The van der Waals surface area contributed by atoms with Crippen molar-refractivity contribution in [3.63, 3.8) is 0 Å². The van der Waals surface area contributed by atoms with Gasteiger partial charge < -0.3 is 24.4 Å². The topological polar surface area (TPSA) is 68.2 Å². The molecular weight excluding hydrogens is 340 g/mol. The lowest BCUT2D eigenvalue weighted by Crippen LogP contribution is -2.39. The van der Waals surface area contributed by atoms with Crippen LogP contribution in [0.25, 0.3) is 0 Å². The normalized spacial score (nSPS) is 19.4. The minimum absolute atomic E-state index is 0.0581. The number of thioether (sulfide) groups is 1. The highest BCUT2D eigenvalue weighted by Gasteiger charge is 2.37. The summed E-state index contributed by atoms with van der Waals surface area (Å²) in [6.45, 7) is 3.05. The van der Waals surface area contributed by atoms with Crippen LogP contribution in [0.3, 0.4) is 0 Å². The van der Waals surface area contributed by atoms with Crippen LogP contribution in [0, 0.1) is 0 Å². The fourth-order valence-electron chi connectivity index (χ4n) is 2.80. The Balaban J connectivity index is 1.84. The molecule has 0 saturated carbocycles. The fourth-order valence-corrected chi connectivity index (χ4v) is 4.18. The highest BCUT2D eigenvalue weighted by atomic mass is 32.2. The Hall–Kier alpha value is -1.21. The van der Waals surface area contributed by atoms with E-state index in [1.54, 1.807) is 7.11 Å². The van der Waals surface area contributed by atoms with E-state index in [2.05, 4.69) is 6.08 Å². The van der Waals surface area contributed by atoms with E-state index >= 15 is 0 Å². The lowest BCUT2D eigenvalue weighted by molar-refractivity contribution is 0.136. The van der Waals surface area contributed by atoms with Gasteiger partial charge in [-0.3, -0.25) is 0 Å². The molecule has 1 aliphatic heterocycles. The second kappa shape index (κ2) is 10.1. The lowest BCUT2D eigenvalue weighted by Gasteiger charge is -2.37. The summed E-state index contributed by atoms with van der Waals surface area (Å²) in [7, 11) is 1.64. The maximum Gasteiger partial charge on any atom is 0.122 e. The maximum atomic E-state index is 9.71. The van der Waals surface area contributed by atoms with E-state index < -0.39 is 4.75 Å². The van der Waals surface area contributed by atoms with Crippen LogP contribution in [0.15, 0.2) is 35.9 Å². The van der Waals surface area contributed by atoms with E-state index in [1.165, 1.54) is 17.3 Å². The maximum absolute atomic E-state index is 9.71. The number of methoxy groups -OCH3 is 1. The second-order valence-corrected chi connectivity index (χ2v) is 7.64. The first-order valence-electron chi connectivity index (χ1n) is 8.62. The van der Waals surface area contributed by atoms with Gasteiger partial charge in [0.15, 0.2) is 0 Å². The molecule has 1 atom stereocenters. The Labute approximate surface area is 154 Å². The molecule has 5 nitrogen and oxygen atoms in total. The largest absolute Gasteiger partial charge is 0.497 e. The minimum atomic E-state index is -0.555. The Morgan fingerprint density at radius 1 is 1.16 bits per heavy atom. The molecule has 2 rings (SSSR count). The van der Waals surface area contributed by atoms with Gasteiger partial charge in [-0.2, -0.15) is 0 Å². The molecule has 25 heavy (non-hydrogen) atoms. The third-order valence-electron chi connectivity index (χ3n) is 4.16. The first-order chi connectivity index (χ1) is 12.1. The summed E-state index contributed by atoms with van der Waals surface area (Å²) < 4.78 is 16.0. The van der Waals surface area contributed by atoms with Gasteiger partial charge in [0, 0.05) is 6.61 Å². The third-order valence-corrected chi connectivity index (χ3v) is 5.57. The van der Waals surface area contributed by atoms with Crippen LogP contribution in [0.4, 0.5) is 0 Å². The van der Waals surface area contributed by atoms with Gasteiger partial charge in [0.25, 0.3) is 0 Å². The molecular formula is C19H28O5S. The Morgan fingerprint density at radius 2 is 1.84 bits per heavy atom. The molecule has 1 heterocycles. The Morgan fingerprint density at radius 3 is 2.44 bits per heavy atom. The summed E-state index contributed by atoms with van der Waals surface area (Å²) in [5.74, 6) is 1.63. The molecule has 1 aromatic carbocycles. The van der Waals surface area contributed by atoms with Crippen molar-refractivity contribution in [2.45, 2.75) is 36.4 Å². The summed E-state index contributed by atoms with van der Waals surface area (Å²) in [6.07, 6.45) is 4.53. The number of rotatable bonds is 10. The second-order valence-electron chi connectivity index (χ2n) is 6.07. The van der Waals surface area contributed by atoms with Crippen molar-refractivity contribution in [3.05, 3.63) is 35.9 Å². The molecule has 140 valence electrons. The number of allylic oxidation sites excluding steroid dienone is 1. The van der Waals surface area contributed by atoms with Crippen molar-refractivity contribution in [3.8, 4) is 11.5 Å². The molecule has 1 unspecified atom stereocenters. The van der Waals surface area contributed by atoms with Gasteiger partial charge in [0.05, 0.1) is 31.7 Å². The average molecular weight is 368 g/mol. The van der Waals surface area contributed by atoms with Gasteiger partial charge in [-0.25, -0.2) is 0 Å². The Kier molecular flexibility index (Phi) is 8.09. The van der Waals surface area contributed by atoms with Crippen molar-refractivity contribution in [2.75, 3.05) is 33.5 Å². The smallest absolute Gasteiger partial charge is 0.122 e. The Bertz CT molecular complexity index is 539. The van der Waals surface area contributed by atoms with Crippen molar-refractivity contribution < 1.29 is 24.4 Å². The van der Waals surface area contributed by atoms with Crippen LogP contribution in [-0.4, -0.2) is 53.9 Å². The number of hydrogen-bond donors (Lipinski definition) is 2. The molecule has 0 aromatic heterocycles. The highest BCUT2D eigenvalue weighted by molar-refractivity contribution is 8.01. The third kappa shape index (κ3) is 5.92. The van der Waals surface area contributed by atoms with Crippen LogP contribution in [0.1, 0.15) is 26.2 Å². The number of aliphatic hydroxyl groups excluding tert-OH is 2. The minimum Gasteiger partial charge on any atom is -0.497 e. The lowest BCUT2D eigenvalue weighted by atomic mass is 9.95. The first kappa shape index (κ1) is 20.1. The van der Waals surface area contributed by atoms with Gasteiger partial charge >= 0.3 is 0 Å². The molecule has 0 radical (unpaired) electrons. The zero-order valence-electron chi connectivity index (χ0n) is 14.9. The van der Waals surface area contributed by atoms with Crippen LogP contribution in [0.2, 0.25) is 0 Å².